The molecule has 1 aromatic heterocycles. The highest BCUT2D eigenvalue weighted by atomic mass is 16.5. The number of hydrogen-bond acceptors (Lipinski definition) is 3. The van der Waals surface area contributed by atoms with Crippen molar-refractivity contribution in [2.24, 2.45) is 46.3 Å². The Morgan fingerprint density at radius 3 is 2.61 bits per heavy atom. The van der Waals surface area contributed by atoms with Crippen molar-refractivity contribution in [3.63, 3.8) is 0 Å². The summed E-state index contributed by atoms with van der Waals surface area (Å²) >= 11 is 0. The molecule has 0 spiro atoms. The van der Waals surface area contributed by atoms with Crippen molar-refractivity contribution in [1.82, 2.24) is 9.55 Å². The van der Waals surface area contributed by atoms with Gasteiger partial charge in [-0.05, 0) is 105 Å². The summed E-state index contributed by atoms with van der Waals surface area (Å²) in [5.41, 5.74) is 1.73. The number of carbonyl (C=O) groups is 1. The summed E-state index contributed by atoms with van der Waals surface area (Å²) in [7, 11) is 1.86. The van der Waals surface area contributed by atoms with Gasteiger partial charge < -0.3 is 9.30 Å². The molecule has 4 nitrogen and oxygen atoms in total. The number of Topliss-reactive ketones (excluding diaryl/α,β-unsaturated/α-hetero) is 1. The number of ether oxygens (including phenoxy) is 1. The van der Waals surface area contributed by atoms with Gasteiger partial charge in [-0.2, -0.15) is 0 Å². The van der Waals surface area contributed by atoms with Gasteiger partial charge in [-0.25, -0.2) is 4.98 Å². The van der Waals surface area contributed by atoms with Crippen LogP contribution >= 0.6 is 0 Å². The van der Waals surface area contributed by atoms with Gasteiger partial charge in [0, 0.05) is 25.8 Å². The quantitative estimate of drug-likeness (QED) is 0.608. The van der Waals surface area contributed by atoms with Crippen molar-refractivity contribution < 1.29 is 9.53 Å². The van der Waals surface area contributed by atoms with Crippen molar-refractivity contribution in [3.8, 4) is 0 Å². The second-order valence-corrected chi connectivity index (χ2v) is 12.1. The van der Waals surface area contributed by atoms with E-state index in [0.717, 1.165) is 48.3 Å². The van der Waals surface area contributed by atoms with Gasteiger partial charge in [0.05, 0.1) is 18.6 Å². The summed E-state index contributed by atoms with van der Waals surface area (Å²) in [4.78, 5) is 17.7. The first kappa shape index (κ1) is 21.7. The molecule has 0 aliphatic heterocycles. The van der Waals surface area contributed by atoms with Gasteiger partial charge in [0.15, 0.2) is 5.78 Å². The minimum absolute atomic E-state index is 0.213. The number of imidazole rings is 1. The van der Waals surface area contributed by atoms with Crippen LogP contribution in [0.2, 0.25) is 0 Å². The fourth-order valence-corrected chi connectivity index (χ4v) is 9.11. The van der Waals surface area contributed by atoms with Gasteiger partial charge >= 0.3 is 0 Å². The molecule has 8 atom stereocenters. The minimum Gasteiger partial charge on any atom is -0.384 e. The van der Waals surface area contributed by atoms with Crippen LogP contribution in [0.4, 0.5) is 0 Å². The maximum absolute atomic E-state index is 13.4. The van der Waals surface area contributed by atoms with E-state index in [0.29, 0.717) is 17.7 Å². The first-order valence-corrected chi connectivity index (χ1v) is 12.8. The molecule has 4 aliphatic rings. The fourth-order valence-electron chi connectivity index (χ4n) is 9.11. The zero-order valence-corrected chi connectivity index (χ0v) is 20.1. The molecule has 4 heteroatoms. The number of rotatable bonds is 5. The molecule has 0 saturated heterocycles. The van der Waals surface area contributed by atoms with Crippen LogP contribution in [0, 0.1) is 53.3 Å². The lowest BCUT2D eigenvalue weighted by atomic mass is 9.44. The van der Waals surface area contributed by atoms with Crippen molar-refractivity contribution in [1.29, 1.82) is 0 Å². The highest BCUT2D eigenvalue weighted by molar-refractivity contribution is 5.82. The zero-order chi connectivity index (χ0) is 21.8. The van der Waals surface area contributed by atoms with Gasteiger partial charge in [0.2, 0.25) is 0 Å². The number of fused-ring (bicyclic) bond motifs is 5. The second-order valence-electron chi connectivity index (χ2n) is 12.1. The molecule has 0 amide bonds. The lowest BCUT2D eigenvalue weighted by Gasteiger charge is -2.61. The molecular weight excluding hydrogens is 384 g/mol. The smallest absolute Gasteiger partial charge is 0.156 e. The minimum atomic E-state index is 0.213. The molecule has 4 saturated carbocycles. The Labute approximate surface area is 188 Å². The van der Waals surface area contributed by atoms with Crippen LogP contribution in [0.15, 0.2) is 12.5 Å². The molecular formula is C27H42N2O2. The van der Waals surface area contributed by atoms with Gasteiger partial charge in [-0.1, -0.05) is 13.8 Å². The normalized spacial score (nSPS) is 44.4. The molecule has 31 heavy (non-hydrogen) atoms. The maximum atomic E-state index is 13.4. The SMILES string of the molecule is COCC1CCC2(C)C(CCC3C2CCC2(C)C(C(=O)Cn4cnc(C)c4)CCC32)C1. The summed E-state index contributed by atoms with van der Waals surface area (Å²) in [6, 6.07) is 0. The van der Waals surface area contributed by atoms with Crippen LogP contribution in [-0.2, 0) is 16.1 Å². The Morgan fingerprint density at radius 1 is 1.10 bits per heavy atom. The van der Waals surface area contributed by atoms with Crippen LogP contribution in [0.25, 0.3) is 0 Å². The predicted molar refractivity (Wildman–Crippen MR) is 123 cm³/mol. The largest absolute Gasteiger partial charge is 0.384 e. The van der Waals surface area contributed by atoms with Crippen molar-refractivity contribution in [3.05, 3.63) is 18.2 Å². The Kier molecular flexibility index (Phi) is 5.60. The van der Waals surface area contributed by atoms with Crippen LogP contribution in [-0.4, -0.2) is 29.1 Å². The lowest BCUT2D eigenvalue weighted by molar-refractivity contribution is -0.138. The van der Waals surface area contributed by atoms with Gasteiger partial charge in [-0.15, -0.1) is 0 Å². The highest BCUT2D eigenvalue weighted by Gasteiger charge is 2.61. The molecule has 1 aromatic rings. The Bertz CT molecular complexity index is 818. The van der Waals surface area contributed by atoms with Gasteiger partial charge in [0.1, 0.15) is 0 Å². The summed E-state index contributed by atoms with van der Waals surface area (Å²) in [6.45, 7) is 8.56. The number of nitrogens with zero attached hydrogens (tertiary/aromatic N) is 2. The number of methoxy groups -OCH3 is 1. The summed E-state index contributed by atoms with van der Waals surface area (Å²) in [5, 5.41) is 0. The molecule has 5 rings (SSSR count). The second kappa shape index (κ2) is 8.01. The third-order valence-corrected chi connectivity index (χ3v) is 10.7. The number of aryl methyl sites for hydroxylation is 1. The zero-order valence-electron chi connectivity index (χ0n) is 20.1. The Hall–Kier alpha value is -1.16. The molecule has 0 bridgehead atoms. The first-order chi connectivity index (χ1) is 14.8. The van der Waals surface area contributed by atoms with Crippen molar-refractivity contribution >= 4 is 5.78 Å². The molecule has 4 aliphatic carbocycles. The van der Waals surface area contributed by atoms with Crippen molar-refractivity contribution in [2.75, 3.05) is 13.7 Å². The summed E-state index contributed by atoms with van der Waals surface area (Å²) in [5.74, 6) is 4.80. The molecule has 1 heterocycles. The number of ketones is 1. The summed E-state index contributed by atoms with van der Waals surface area (Å²) < 4.78 is 7.50. The number of carbonyl (C=O) groups excluding carboxylic acids is 1. The predicted octanol–water partition coefficient (Wildman–Crippen LogP) is 5.68. The van der Waals surface area contributed by atoms with Crippen LogP contribution in [0.5, 0.6) is 0 Å². The number of hydrogen-bond donors (Lipinski definition) is 0. The standard InChI is InChI=1S/C27H42N2O2/c1-18-14-29(17-28-18)15-25(30)24-8-7-22-21-6-5-20-13-19(16-31-4)9-11-26(20,2)23(21)10-12-27(22,24)3/h14,17,19-24H,5-13,15-16H2,1-4H3. The average molecular weight is 427 g/mol. The molecule has 0 radical (unpaired) electrons. The third-order valence-electron chi connectivity index (χ3n) is 10.7. The van der Waals surface area contributed by atoms with Crippen LogP contribution < -0.4 is 0 Å². The van der Waals surface area contributed by atoms with Crippen molar-refractivity contribution in [2.45, 2.75) is 85.1 Å². The van der Waals surface area contributed by atoms with E-state index in [1.165, 1.54) is 51.4 Å². The monoisotopic (exact) mass is 426 g/mol. The van der Waals surface area contributed by atoms with Crippen LogP contribution in [0.1, 0.15) is 77.3 Å². The van der Waals surface area contributed by atoms with Gasteiger partial charge in [-0.3, -0.25) is 4.79 Å². The summed E-state index contributed by atoms with van der Waals surface area (Å²) in [6.07, 6.45) is 15.7. The molecule has 8 unspecified atom stereocenters. The van der Waals surface area contributed by atoms with E-state index in [9.17, 15) is 4.79 Å². The van der Waals surface area contributed by atoms with E-state index in [4.69, 9.17) is 4.74 Å². The van der Waals surface area contributed by atoms with E-state index in [1.54, 1.807) is 0 Å². The van der Waals surface area contributed by atoms with E-state index >= 15 is 0 Å². The van der Waals surface area contributed by atoms with Gasteiger partial charge in [0.25, 0.3) is 0 Å². The molecule has 172 valence electrons. The van der Waals surface area contributed by atoms with Crippen LogP contribution in [0.3, 0.4) is 0 Å². The Balaban J connectivity index is 1.31. The van der Waals surface area contributed by atoms with E-state index < -0.39 is 0 Å². The molecule has 0 N–H and O–H groups in total. The molecule has 0 aromatic carbocycles. The topological polar surface area (TPSA) is 44.1 Å². The number of aromatic nitrogens is 2. The van der Waals surface area contributed by atoms with E-state index in [1.807, 2.05) is 31.1 Å². The third kappa shape index (κ3) is 3.52. The average Bonchev–Trinajstić information content (AvgIpc) is 3.30. The fraction of sp³-hybridized carbons (Fsp3) is 0.852. The molecule has 4 fully saturated rings. The Morgan fingerprint density at radius 2 is 1.87 bits per heavy atom. The first-order valence-electron chi connectivity index (χ1n) is 12.8. The van der Waals surface area contributed by atoms with E-state index in [2.05, 4.69) is 18.8 Å². The van der Waals surface area contributed by atoms with E-state index in [-0.39, 0.29) is 11.3 Å². The highest BCUT2D eigenvalue weighted by Crippen LogP contribution is 2.67. The lowest BCUT2D eigenvalue weighted by Crippen LogP contribution is -2.54. The maximum Gasteiger partial charge on any atom is 0.156 e.